The van der Waals surface area contributed by atoms with Gasteiger partial charge in [-0.1, -0.05) is 19.3 Å². The van der Waals surface area contributed by atoms with E-state index in [9.17, 15) is 9.90 Å². The molecule has 4 nitrogen and oxygen atoms in total. The van der Waals surface area contributed by atoms with E-state index in [1.165, 1.54) is 6.42 Å². The first-order valence-corrected chi connectivity index (χ1v) is 6.37. The molecular weight excluding hydrogens is 216 g/mol. The molecule has 0 bridgehead atoms. The Kier molecular flexibility index (Phi) is 3.82. The lowest BCUT2D eigenvalue weighted by Crippen LogP contribution is -2.25. The molecular formula is C13H20N2O2. The number of aryl methyl sites for hydroxylation is 1. The molecule has 94 valence electrons. The van der Waals surface area contributed by atoms with Gasteiger partial charge in [-0.25, -0.2) is 4.98 Å². The van der Waals surface area contributed by atoms with Crippen LogP contribution >= 0.6 is 0 Å². The van der Waals surface area contributed by atoms with E-state index in [0.717, 1.165) is 37.9 Å². The summed E-state index contributed by atoms with van der Waals surface area (Å²) in [5.74, 6) is 0.430. The van der Waals surface area contributed by atoms with Gasteiger partial charge in [0.1, 0.15) is 5.82 Å². The van der Waals surface area contributed by atoms with Gasteiger partial charge in [0.25, 0.3) is 0 Å². The first kappa shape index (κ1) is 12.1. The molecule has 0 aliphatic heterocycles. The van der Waals surface area contributed by atoms with Crippen LogP contribution in [0.5, 0.6) is 0 Å². The Hall–Kier alpha value is -1.32. The van der Waals surface area contributed by atoms with Gasteiger partial charge in [-0.3, -0.25) is 4.79 Å². The lowest BCUT2D eigenvalue weighted by Gasteiger charge is -2.21. The quantitative estimate of drug-likeness (QED) is 0.819. The van der Waals surface area contributed by atoms with Crippen molar-refractivity contribution >= 4 is 5.97 Å². The van der Waals surface area contributed by atoms with Crippen LogP contribution in [0.1, 0.15) is 37.9 Å². The molecule has 2 atom stereocenters. The lowest BCUT2D eigenvalue weighted by molar-refractivity contribution is -0.143. The third kappa shape index (κ3) is 2.87. The molecule has 1 heterocycles. The van der Waals surface area contributed by atoms with E-state index >= 15 is 0 Å². The maximum Gasteiger partial charge on any atom is 0.306 e. The monoisotopic (exact) mass is 236 g/mol. The second kappa shape index (κ2) is 5.34. The molecule has 0 aromatic carbocycles. The van der Waals surface area contributed by atoms with E-state index in [-0.39, 0.29) is 11.8 Å². The standard InChI is InChI=1S/C13H20N2O2/c1-15-8-7-14-12(15)9-10-5-3-2-4-6-11(10)13(16)17/h7-8,10-11H,2-6,9H2,1H3,(H,16,17). The van der Waals surface area contributed by atoms with Crippen molar-refractivity contribution in [2.75, 3.05) is 0 Å². The second-order valence-corrected chi connectivity index (χ2v) is 5.00. The van der Waals surface area contributed by atoms with Gasteiger partial charge in [-0.15, -0.1) is 0 Å². The maximum absolute atomic E-state index is 11.3. The van der Waals surface area contributed by atoms with Crippen molar-refractivity contribution in [3.05, 3.63) is 18.2 Å². The van der Waals surface area contributed by atoms with Crippen molar-refractivity contribution in [1.29, 1.82) is 0 Å². The van der Waals surface area contributed by atoms with Gasteiger partial charge in [0.05, 0.1) is 5.92 Å². The summed E-state index contributed by atoms with van der Waals surface area (Å²) in [6.07, 6.45) is 9.70. The van der Waals surface area contributed by atoms with Gasteiger partial charge in [0.15, 0.2) is 0 Å². The average molecular weight is 236 g/mol. The van der Waals surface area contributed by atoms with Crippen molar-refractivity contribution in [3.63, 3.8) is 0 Å². The number of rotatable bonds is 3. The molecule has 1 aromatic rings. The summed E-state index contributed by atoms with van der Waals surface area (Å²) >= 11 is 0. The summed E-state index contributed by atoms with van der Waals surface area (Å²) in [6.45, 7) is 0. The fraction of sp³-hybridized carbons (Fsp3) is 0.692. The molecule has 1 N–H and O–H groups in total. The molecule has 1 saturated carbocycles. The molecule has 1 aromatic heterocycles. The summed E-state index contributed by atoms with van der Waals surface area (Å²) in [5.41, 5.74) is 0. The minimum Gasteiger partial charge on any atom is -0.481 e. The number of carboxylic acid groups (broad SMARTS) is 1. The average Bonchev–Trinajstić information content (AvgIpc) is 2.55. The number of aliphatic carboxylic acids is 1. The molecule has 2 unspecified atom stereocenters. The van der Waals surface area contributed by atoms with Crippen LogP contribution in [0.15, 0.2) is 12.4 Å². The largest absolute Gasteiger partial charge is 0.481 e. The van der Waals surface area contributed by atoms with Crippen LogP contribution in [0.2, 0.25) is 0 Å². The summed E-state index contributed by atoms with van der Waals surface area (Å²) in [5, 5.41) is 9.30. The number of hydrogen-bond acceptors (Lipinski definition) is 2. The van der Waals surface area contributed by atoms with Gasteiger partial charge < -0.3 is 9.67 Å². The normalized spacial score (nSPS) is 25.5. The Balaban J connectivity index is 2.10. The van der Waals surface area contributed by atoms with Crippen molar-refractivity contribution in [2.24, 2.45) is 18.9 Å². The Bertz CT molecular complexity index is 387. The number of aromatic nitrogens is 2. The first-order chi connectivity index (χ1) is 8.18. The molecule has 1 aliphatic rings. The Morgan fingerprint density at radius 3 is 2.88 bits per heavy atom. The third-order valence-corrected chi connectivity index (χ3v) is 3.84. The summed E-state index contributed by atoms with van der Waals surface area (Å²) in [4.78, 5) is 15.6. The van der Waals surface area contributed by atoms with Gasteiger partial charge in [-0.05, 0) is 18.8 Å². The van der Waals surface area contributed by atoms with Crippen LogP contribution in [0, 0.1) is 11.8 Å². The van der Waals surface area contributed by atoms with Crippen molar-refractivity contribution in [3.8, 4) is 0 Å². The van der Waals surface area contributed by atoms with Crippen molar-refractivity contribution in [2.45, 2.75) is 38.5 Å². The van der Waals surface area contributed by atoms with Gasteiger partial charge in [-0.2, -0.15) is 0 Å². The highest BCUT2D eigenvalue weighted by atomic mass is 16.4. The van der Waals surface area contributed by atoms with Crippen LogP contribution in [0.3, 0.4) is 0 Å². The highest BCUT2D eigenvalue weighted by molar-refractivity contribution is 5.70. The predicted octanol–water partition coefficient (Wildman–Crippen LogP) is 2.24. The zero-order valence-corrected chi connectivity index (χ0v) is 10.3. The molecule has 0 amide bonds. The fourth-order valence-electron chi connectivity index (χ4n) is 2.78. The van der Waals surface area contributed by atoms with Crippen LogP contribution in [0.25, 0.3) is 0 Å². The van der Waals surface area contributed by atoms with E-state index in [1.807, 2.05) is 17.8 Å². The minimum absolute atomic E-state index is 0.186. The molecule has 1 aliphatic carbocycles. The van der Waals surface area contributed by atoms with Crippen LogP contribution in [0.4, 0.5) is 0 Å². The maximum atomic E-state index is 11.3. The molecule has 17 heavy (non-hydrogen) atoms. The van der Waals surface area contributed by atoms with Crippen molar-refractivity contribution < 1.29 is 9.90 Å². The topological polar surface area (TPSA) is 55.1 Å². The van der Waals surface area contributed by atoms with E-state index in [0.29, 0.717) is 0 Å². The zero-order chi connectivity index (χ0) is 12.3. The zero-order valence-electron chi connectivity index (χ0n) is 10.3. The van der Waals surface area contributed by atoms with Crippen LogP contribution in [-0.2, 0) is 18.3 Å². The second-order valence-electron chi connectivity index (χ2n) is 5.00. The van der Waals surface area contributed by atoms with Crippen LogP contribution < -0.4 is 0 Å². The molecule has 1 fully saturated rings. The molecule has 0 radical (unpaired) electrons. The van der Waals surface area contributed by atoms with Gasteiger partial charge >= 0.3 is 5.97 Å². The molecule has 4 heteroatoms. The molecule has 2 rings (SSSR count). The first-order valence-electron chi connectivity index (χ1n) is 6.37. The van der Waals surface area contributed by atoms with Crippen LogP contribution in [-0.4, -0.2) is 20.6 Å². The predicted molar refractivity (Wildman–Crippen MR) is 64.6 cm³/mol. The summed E-state index contributed by atoms with van der Waals surface area (Å²) < 4.78 is 1.99. The summed E-state index contributed by atoms with van der Waals surface area (Å²) in [7, 11) is 1.97. The van der Waals surface area contributed by atoms with E-state index in [4.69, 9.17) is 0 Å². The van der Waals surface area contributed by atoms with E-state index in [1.54, 1.807) is 6.20 Å². The number of carbonyl (C=O) groups is 1. The number of imidazole rings is 1. The number of nitrogens with zero attached hydrogens (tertiary/aromatic N) is 2. The smallest absolute Gasteiger partial charge is 0.306 e. The van der Waals surface area contributed by atoms with E-state index in [2.05, 4.69) is 4.98 Å². The van der Waals surface area contributed by atoms with E-state index < -0.39 is 5.97 Å². The Morgan fingerprint density at radius 1 is 1.47 bits per heavy atom. The van der Waals surface area contributed by atoms with Gasteiger partial charge in [0, 0.05) is 25.9 Å². The third-order valence-electron chi connectivity index (χ3n) is 3.84. The number of carboxylic acids is 1. The highest BCUT2D eigenvalue weighted by Gasteiger charge is 2.30. The Labute approximate surface area is 102 Å². The van der Waals surface area contributed by atoms with Gasteiger partial charge in [0.2, 0.25) is 0 Å². The molecule has 0 saturated heterocycles. The molecule has 0 spiro atoms. The SMILES string of the molecule is Cn1ccnc1CC1CCCCCC1C(=O)O. The summed E-state index contributed by atoms with van der Waals surface area (Å²) in [6, 6.07) is 0. The highest BCUT2D eigenvalue weighted by Crippen LogP contribution is 2.31. The lowest BCUT2D eigenvalue weighted by atomic mass is 9.85. The fourth-order valence-corrected chi connectivity index (χ4v) is 2.78. The van der Waals surface area contributed by atoms with Crippen molar-refractivity contribution in [1.82, 2.24) is 9.55 Å². The number of hydrogen-bond donors (Lipinski definition) is 1. The Morgan fingerprint density at radius 2 is 2.24 bits per heavy atom. The minimum atomic E-state index is -0.633.